The number of aliphatic hydroxyl groups is 1. The van der Waals surface area contributed by atoms with Crippen molar-refractivity contribution in [2.45, 2.75) is 37.8 Å². The third-order valence-corrected chi connectivity index (χ3v) is 5.68. The molecule has 0 aromatic heterocycles. The van der Waals surface area contributed by atoms with Gasteiger partial charge in [0.15, 0.2) is 5.79 Å². The molecule has 3 heterocycles. The molecule has 0 radical (unpaired) electrons. The van der Waals surface area contributed by atoms with E-state index in [0.29, 0.717) is 43.9 Å². The Kier molecular flexibility index (Phi) is 5.81. The van der Waals surface area contributed by atoms with Crippen molar-refractivity contribution < 1.29 is 33.3 Å². The number of ether oxygens (including phenoxy) is 3. The molecule has 1 unspecified atom stereocenters. The number of amides is 2. The molecule has 3 aliphatic heterocycles. The third-order valence-electron chi connectivity index (χ3n) is 5.68. The number of hydrogen-bond donors (Lipinski definition) is 2. The van der Waals surface area contributed by atoms with E-state index in [1.807, 2.05) is 4.90 Å². The number of rotatable bonds is 5. The summed E-state index contributed by atoms with van der Waals surface area (Å²) in [6.07, 6.45) is -0.188. The highest BCUT2D eigenvalue weighted by Gasteiger charge is 2.44. The lowest BCUT2D eigenvalue weighted by molar-refractivity contribution is -0.183. The Bertz CT molecular complexity index is 814. The van der Waals surface area contributed by atoms with Crippen molar-refractivity contribution in [3.05, 3.63) is 24.0 Å². The van der Waals surface area contributed by atoms with Gasteiger partial charge in [-0.3, -0.25) is 9.69 Å². The van der Waals surface area contributed by atoms with Crippen molar-refractivity contribution in [1.82, 2.24) is 5.32 Å². The van der Waals surface area contributed by atoms with Gasteiger partial charge >= 0.3 is 6.09 Å². The number of carbonyl (C=O) groups excluding carboxylic acids is 2. The highest BCUT2D eigenvalue weighted by Crippen LogP contribution is 2.36. The normalized spacial score (nSPS) is 25.6. The van der Waals surface area contributed by atoms with Crippen LogP contribution < -0.4 is 15.1 Å². The monoisotopic (exact) mass is 423 g/mol. The summed E-state index contributed by atoms with van der Waals surface area (Å²) in [4.78, 5) is 26.5. The first kappa shape index (κ1) is 20.8. The van der Waals surface area contributed by atoms with Crippen LogP contribution in [0.15, 0.2) is 18.2 Å². The molecule has 164 valence electrons. The summed E-state index contributed by atoms with van der Waals surface area (Å²) in [5, 5.41) is 11.8. The number of benzene rings is 1. The number of cyclic esters (lactones) is 1. The number of hydrogen-bond acceptors (Lipinski definition) is 7. The Balaban J connectivity index is 1.38. The smallest absolute Gasteiger partial charge is 0.414 e. The zero-order chi connectivity index (χ0) is 21.3. The number of piperidine rings is 1. The maximum atomic E-state index is 14.9. The van der Waals surface area contributed by atoms with Gasteiger partial charge in [-0.05, 0) is 18.2 Å². The van der Waals surface area contributed by atoms with E-state index in [9.17, 15) is 19.1 Å². The summed E-state index contributed by atoms with van der Waals surface area (Å²) in [7, 11) is 0. The van der Waals surface area contributed by atoms with Crippen molar-refractivity contribution >= 4 is 23.4 Å². The molecule has 10 heteroatoms. The molecule has 4 rings (SSSR count). The van der Waals surface area contributed by atoms with Crippen LogP contribution in [0.25, 0.3) is 0 Å². The minimum Gasteiger partial charge on any atom is -0.442 e. The minimum absolute atomic E-state index is 0.0772. The summed E-state index contributed by atoms with van der Waals surface area (Å²) in [5.41, 5.74) is 0.862. The first-order valence-electron chi connectivity index (χ1n) is 10.1. The molecular weight excluding hydrogens is 397 g/mol. The van der Waals surface area contributed by atoms with Crippen LogP contribution in [0.4, 0.5) is 20.6 Å². The Morgan fingerprint density at radius 1 is 1.33 bits per heavy atom. The molecule has 2 N–H and O–H groups in total. The van der Waals surface area contributed by atoms with E-state index in [1.54, 1.807) is 12.1 Å². The highest BCUT2D eigenvalue weighted by atomic mass is 19.1. The Morgan fingerprint density at radius 2 is 2.10 bits per heavy atom. The number of anilines is 2. The molecule has 1 aromatic rings. The molecule has 2 atom stereocenters. The van der Waals surface area contributed by atoms with Gasteiger partial charge in [0, 0.05) is 32.9 Å². The second-order valence-corrected chi connectivity index (χ2v) is 7.82. The van der Waals surface area contributed by atoms with E-state index < -0.39 is 23.8 Å². The zero-order valence-corrected chi connectivity index (χ0v) is 16.8. The third kappa shape index (κ3) is 4.21. The van der Waals surface area contributed by atoms with Gasteiger partial charge in [0.05, 0.1) is 37.7 Å². The Hall–Kier alpha value is -2.43. The topological polar surface area (TPSA) is 101 Å². The van der Waals surface area contributed by atoms with Crippen molar-refractivity contribution in [3.8, 4) is 0 Å². The lowest BCUT2D eigenvalue weighted by Crippen LogP contribution is -2.46. The van der Waals surface area contributed by atoms with Crippen LogP contribution in [-0.4, -0.2) is 74.5 Å². The van der Waals surface area contributed by atoms with E-state index in [2.05, 4.69) is 5.32 Å². The average Bonchev–Trinajstić information content (AvgIpc) is 3.30. The van der Waals surface area contributed by atoms with E-state index in [-0.39, 0.29) is 31.7 Å². The van der Waals surface area contributed by atoms with Crippen molar-refractivity contribution in [1.29, 1.82) is 0 Å². The molecule has 30 heavy (non-hydrogen) atoms. The van der Waals surface area contributed by atoms with Gasteiger partial charge in [-0.15, -0.1) is 0 Å². The van der Waals surface area contributed by atoms with Gasteiger partial charge in [-0.25, -0.2) is 9.18 Å². The van der Waals surface area contributed by atoms with Gasteiger partial charge in [0.2, 0.25) is 5.91 Å². The molecule has 9 nitrogen and oxygen atoms in total. The van der Waals surface area contributed by atoms with Crippen LogP contribution in [0.5, 0.6) is 0 Å². The summed E-state index contributed by atoms with van der Waals surface area (Å²) < 4.78 is 31.7. The largest absolute Gasteiger partial charge is 0.442 e. The fourth-order valence-corrected chi connectivity index (χ4v) is 4.07. The molecule has 1 aromatic carbocycles. The van der Waals surface area contributed by atoms with Crippen LogP contribution in [-0.2, 0) is 19.0 Å². The van der Waals surface area contributed by atoms with Crippen molar-refractivity contribution in [3.63, 3.8) is 0 Å². The maximum absolute atomic E-state index is 14.9. The van der Waals surface area contributed by atoms with Crippen LogP contribution in [0, 0.1) is 5.82 Å². The maximum Gasteiger partial charge on any atom is 0.414 e. The lowest BCUT2D eigenvalue weighted by Gasteiger charge is -2.39. The predicted octanol–water partition coefficient (Wildman–Crippen LogP) is 0.991. The van der Waals surface area contributed by atoms with E-state index in [4.69, 9.17) is 14.2 Å². The standard InChI is InChI=1S/C20H26FN3O6/c1-13(26)22-9-15-10-24(19(27)29-15)14-2-3-18(17(21)8-14)23-6-4-20(5-7-23)28-12-16(11-25)30-20/h2-3,8,15-16,25H,4-7,9-12H2,1H3,(H,22,26)/t15?,16-/m0/s1. The Labute approximate surface area is 173 Å². The van der Waals surface area contributed by atoms with Gasteiger partial charge in [0.1, 0.15) is 18.0 Å². The molecule has 3 aliphatic rings. The predicted molar refractivity (Wildman–Crippen MR) is 105 cm³/mol. The van der Waals surface area contributed by atoms with E-state index >= 15 is 0 Å². The second-order valence-electron chi connectivity index (χ2n) is 7.82. The molecule has 0 bridgehead atoms. The lowest BCUT2D eigenvalue weighted by atomic mass is 10.0. The Morgan fingerprint density at radius 3 is 2.73 bits per heavy atom. The van der Waals surface area contributed by atoms with Gasteiger partial charge in [0.25, 0.3) is 0 Å². The van der Waals surface area contributed by atoms with Gasteiger partial charge in [-0.1, -0.05) is 0 Å². The fourth-order valence-electron chi connectivity index (χ4n) is 4.07. The quantitative estimate of drug-likeness (QED) is 0.729. The molecular formula is C20H26FN3O6. The van der Waals surface area contributed by atoms with Gasteiger partial charge < -0.3 is 29.5 Å². The number of aliphatic hydroxyl groups excluding tert-OH is 1. The summed E-state index contributed by atoms with van der Waals surface area (Å²) >= 11 is 0. The minimum atomic E-state index is -0.692. The number of halogens is 1. The second kappa shape index (κ2) is 8.37. The molecule has 3 fully saturated rings. The summed E-state index contributed by atoms with van der Waals surface area (Å²) in [6.45, 7) is 3.25. The van der Waals surface area contributed by atoms with Crippen LogP contribution >= 0.6 is 0 Å². The van der Waals surface area contributed by atoms with Crippen molar-refractivity contribution in [2.24, 2.45) is 0 Å². The average molecular weight is 423 g/mol. The fraction of sp³-hybridized carbons (Fsp3) is 0.600. The molecule has 3 saturated heterocycles. The van der Waals surface area contributed by atoms with Crippen LogP contribution in [0.3, 0.4) is 0 Å². The number of carbonyl (C=O) groups is 2. The van der Waals surface area contributed by atoms with E-state index in [1.165, 1.54) is 17.9 Å². The number of nitrogens with zero attached hydrogens (tertiary/aromatic N) is 2. The van der Waals surface area contributed by atoms with Crippen LogP contribution in [0.1, 0.15) is 19.8 Å². The number of nitrogens with one attached hydrogen (secondary N) is 1. The van der Waals surface area contributed by atoms with Gasteiger partial charge in [-0.2, -0.15) is 0 Å². The van der Waals surface area contributed by atoms with Crippen molar-refractivity contribution in [2.75, 3.05) is 49.2 Å². The first-order valence-corrected chi connectivity index (χ1v) is 10.1. The zero-order valence-electron chi connectivity index (χ0n) is 16.8. The molecule has 2 amide bonds. The highest BCUT2D eigenvalue weighted by molar-refractivity contribution is 5.90. The SMILES string of the molecule is CC(=O)NCC1CN(c2ccc(N3CCC4(CC3)OC[C@H](CO)O4)c(F)c2)C(=O)O1. The summed E-state index contributed by atoms with van der Waals surface area (Å²) in [6, 6.07) is 4.67. The van der Waals surface area contributed by atoms with E-state index in [0.717, 1.165) is 0 Å². The molecule has 0 aliphatic carbocycles. The molecule has 1 spiro atoms. The molecule has 0 saturated carbocycles. The first-order chi connectivity index (χ1) is 14.4. The van der Waals surface area contributed by atoms with Crippen LogP contribution in [0.2, 0.25) is 0 Å². The summed E-state index contributed by atoms with van der Waals surface area (Å²) in [5.74, 6) is -1.32.